The van der Waals surface area contributed by atoms with Crippen molar-refractivity contribution < 1.29 is 0 Å². The van der Waals surface area contributed by atoms with Gasteiger partial charge in [-0.25, -0.2) is 0 Å². The third kappa shape index (κ3) is 1.30. The van der Waals surface area contributed by atoms with Gasteiger partial charge >= 0.3 is 0 Å². The number of nitrogens with two attached hydrogens (primary N) is 1. The molecule has 2 rings (SSSR count). The lowest BCUT2D eigenvalue weighted by molar-refractivity contribution is 0.0492. The molecule has 1 saturated heterocycles. The molecule has 64 valence electrons. The number of likely N-dealkylation sites (tertiary alicyclic amines) is 1. The fraction of sp³-hybridized carbons (Fsp3) is 1.00. The smallest absolute Gasteiger partial charge is 0.0233 e. The molecule has 2 N–H and O–H groups in total. The van der Waals surface area contributed by atoms with Gasteiger partial charge in [0.1, 0.15) is 0 Å². The minimum absolute atomic E-state index is 0.734. The molecule has 1 aliphatic heterocycles. The molecule has 2 nitrogen and oxygen atoms in total. The van der Waals surface area contributed by atoms with Crippen LogP contribution in [0.15, 0.2) is 0 Å². The molecular weight excluding hydrogens is 136 g/mol. The number of rotatable bonds is 2. The molecule has 1 atom stereocenters. The van der Waals surface area contributed by atoms with Gasteiger partial charge in [0, 0.05) is 25.2 Å². The molecule has 0 bridgehead atoms. The maximum atomic E-state index is 5.65. The standard InChI is InChI=1S/C9H18N2/c10-7-9-5-6-11(9)8-3-1-2-4-8/h8-9H,1-7,10H2. The Balaban J connectivity index is 1.84. The minimum atomic E-state index is 0.734. The largest absolute Gasteiger partial charge is 0.329 e. The normalized spacial score (nSPS) is 34.1. The van der Waals surface area contributed by atoms with Crippen molar-refractivity contribution in [3.8, 4) is 0 Å². The first-order chi connectivity index (χ1) is 5.42. The number of nitrogens with zero attached hydrogens (tertiary/aromatic N) is 1. The first kappa shape index (κ1) is 7.56. The molecule has 1 heterocycles. The Hall–Kier alpha value is -0.0800. The Labute approximate surface area is 68.7 Å². The Bertz CT molecular complexity index is 128. The van der Waals surface area contributed by atoms with E-state index < -0.39 is 0 Å². The summed E-state index contributed by atoms with van der Waals surface area (Å²) in [5.74, 6) is 0. The molecule has 1 saturated carbocycles. The summed E-state index contributed by atoms with van der Waals surface area (Å²) in [4.78, 5) is 2.62. The van der Waals surface area contributed by atoms with Crippen molar-refractivity contribution in [2.24, 2.45) is 5.73 Å². The highest BCUT2D eigenvalue weighted by atomic mass is 15.2. The maximum Gasteiger partial charge on any atom is 0.0233 e. The van der Waals surface area contributed by atoms with E-state index in [0.717, 1.165) is 18.6 Å². The van der Waals surface area contributed by atoms with Crippen molar-refractivity contribution in [3.05, 3.63) is 0 Å². The molecule has 0 aromatic heterocycles. The van der Waals surface area contributed by atoms with Crippen molar-refractivity contribution >= 4 is 0 Å². The minimum Gasteiger partial charge on any atom is -0.329 e. The van der Waals surface area contributed by atoms with Crippen LogP contribution >= 0.6 is 0 Å². The maximum absolute atomic E-state index is 5.65. The second-order valence-electron chi connectivity index (χ2n) is 3.85. The lowest BCUT2D eigenvalue weighted by Crippen LogP contribution is -2.55. The summed E-state index contributed by atoms with van der Waals surface area (Å²) in [6, 6.07) is 1.63. The molecule has 0 radical (unpaired) electrons. The average molecular weight is 154 g/mol. The van der Waals surface area contributed by atoms with E-state index in [1.54, 1.807) is 0 Å². The SMILES string of the molecule is NCC1CCN1C1CCCC1. The zero-order valence-corrected chi connectivity index (χ0v) is 7.13. The second-order valence-corrected chi connectivity index (χ2v) is 3.85. The van der Waals surface area contributed by atoms with Gasteiger partial charge in [-0.15, -0.1) is 0 Å². The fourth-order valence-corrected chi connectivity index (χ4v) is 2.43. The van der Waals surface area contributed by atoms with Crippen LogP contribution in [0.5, 0.6) is 0 Å². The zero-order valence-electron chi connectivity index (χ0n) is 7.13. The van der Waals surface area contributed by atoms with Crippen molar-refractivity contribution in [1.82, 2.24) is 4.90 Å². The summed E-state index contributed by atoms with van der Waals surface area (Å²) in [5, 5.41) is 0. The molecule has 0 amide bonds. The summed E-state index contributed by atoms with van der Waals surface area (Å²) >= 11 is 0. The van der Waals surface area contributed by atoms with Crippen LogP contribution in [-0.4, -0.2) is 30.1 Å². The molecule has 2 heteroatoms. The van der Waals surface area contributed by atoms with E-state index in [4.69, 9.17) is 5.73 Å². The van der Waals surface area contributed by atoms with Gasteiger partial charge in [0.05, 0.1) is 0 Å². The molecule has 0 aromatic carbocycles. The summed E-state index contributed by atoms with van der Waals surface area (Å²) in [7, 11) is 0. The Morgan fingerprint density at radius 2 is 1.91 bits per heavy atom. The van der Waals surface area contributed by atoms with E-state index >= 15 is 0 Å². The van der Waals surface area contributed by atoms with E-state index in [1.165, 1.54) is 38.6 Å². The van der Waals surface area contributed by atoms with Gasteiger partial charge in [-0.05, 0) is 19.3 Å². The van der Waals surface area contributed by atoms with Crippen LogP contribution in [0.1, 0.15) is 32.1 Å². The summed E-state index contributed by atoms with van der Waals surface area (Å²) in [5.41, 5.74) is 5.65. The lowest BCUT2D eigenvalue weighted by Gasteiger charge is -2.44. The third-order valence-electron chi connectivity index (χ3n) is 3.26. The lowest BCUT2D eigenvalue weighted by atomic mass is 9.99. The quantitative estimate of drug-likeness (QED) is 0.642. The highest BCUT2D eigenvalue weighted by molar-refractivity contribution is 4.90. The number of hydrogen-bond acceptors (Lipinski definition) is 2. The van der Waals surface area contributed by atoms with E-state index in [9.17, 15) is 0 Å². The Kier molecular flexibility index (Phi) is 2.14. The van der Waals surface area contributed by atoms with Crippen LogP contribution in [0, 0.1) is 0 Å². The monoisotopic (exact) mass is 154 g/mol. The Morgan fingerprint density at radius 1 is 1.18 bits per heavy atom. The molecule has 0 spiro atoms. The molecule has 2 aliphatic rings. The fourth-order valence-electron chi connectivity index (χ4n) is 2.43. The molecule has 11 heavy (non-hydrogen) atoms. The first-order valence-corrected chi connectivity index (χ1v) is 4.87. The van der Waals surface area contributed by atoms with E-state index in [-0.39, 0.29) is 0 Å². The van der Waals surface area contributed by atoms with E-state index in [1.807, 2.05) is 0 Å². The van der Waals surface area contributed by atoms with Crippen LogP contribution in [0.25, 0.3) is 0 Å². The van der Waals surface area contributed by atoms with E-state index in [0.29, 0.717) is 0 Å². The van der Waals surface area contributed by atoms with Gasteiger partial charge in [-0.1, -0.05) is 12.8 Å². The molecular formula is C9H18N2. The van der Waals surface area contributed by atoms with Gasteiger partial charge in [0.25, 0.3) is 0 Å². The molecule has 1 unspecified atom stereocenters. The van der Waals surface area contributed by atoms with Gasteiger partial charge in [0.2, 0.25) is 0 Å². The van der Waals surface area contributed by atoms with Crippen LogP contribution in [-0.2, 0) is 0 Å². The molecule has 0 aromatic rings. The van der Waals surface area contributed by atoms with Crippen molar-refractivity contribution in [3.63, 3.8) is 0 Å². The summed E-state index contributed by atoms with van der Waals surface area (Å²) < 4.78 is 0. The summed E-state index contributed by atoms with van der Waals surface area (Å²) in [6.45, 7) is 2.18. The third-order valence-corrected chi connectivity index (χ3v) is 3.26. The second kappa shape index (κ2) is 3.11. The predicted molar refractivity (Wildman–Crippen MR) is 46.4 cm³/mol. The molecule has 2 fully saturated rings. The number of hydrogen-bond donors (Lipinski definition) is 1. The van der Waals surface area contributed by atoms with Gasteiger partial charge < -0.3 is 5.73 Å². The molecule has 1 aliphatic carbocycles. The predicted octanol–water partition coefficient (Wildman–Crippen LogP) is 0.962. The van der Waals surface area contributed by atoms with E-state index in [2.05, 4.69) is 4.90 Å². The van der Waals surface area contributed by atoms with Crippen LogP contribution in [0.2, 0.25) is 0 Å². The van der Waals surface area contributed by atoms with Crippen LogP contribution < -0.4 is 5.73 Å². The van der Waals surface area contributed by atoms with Gasteiger partial charge in [-0.2, -0.15) is 0 Å². The topological polar surface area (TPSA) is 29.3 Å². The average Bonchev–Trinajstić information content (AvgIpc) is 2.39. The summed E-state index contributed by atoms with van der Waals surface area (Å²) in [6.07, 6.45) is 7.08. The van der Waals surface area contributed by atoms with Crippen LogP contribution in [0.3, 0.4) is 0 Å². The van der Waals surface area contributed by atoms with Crippen molar-refractivity contribution in [1.29, 1.82) is 0 Å². The zero-order chi connectivity index (χ0) is 7.68. The van der Waals surface area contributed by atoms with Crippen molar-refractivity contribution in [2.75, 3.05) is 13.1 Å². The Morgan fingerprint density at radius 3 is 2.36 bits per heavy atom. The highest BCUT2D eigenvalue weighted by Crippen LogP contribution is 2.30. The first-order valence-electron chi connectivity index (χ1n) is 4.87. The van der Waals surface area contributed by atoms with Crippen molar-refractivity contribution in [2.45, 2.75) is 44.2 Å². The highest BCUT2D eigenvalue weighted by Gasteiger charge is 2.33. The van der Waals surface area contributed by atoms with Gasteiger partial charge in [0.15, 0.2) is 0 Å². The van der Waals surface area contributed by atoms with Gasteiger partial charge in [-0.3, -0.25) is 4.90 Å². The van der Waals surface area contributed by atoms with Crippen LogP contribution in [0.4, 0.5) is 0 Å².